The number of rotatable bonds is 9. The summed E-state index contributed by atoms with van der Waals surface area (Å²) in [6.07, 6.45) is 1.64. The summed E-state index contributed by atoms with van der Waals surface area (Å²) in [4.78, 5) is 30.9. The van der Waals surface area contributed by atoms with Crippen molar-refractivity contribution in [2.75, 3.05) is 24.2 Å². The molecule has 1 saturated heterocycles. The van der Waals surface area contributed by atoms with Crippen molar-refractivity contribution >= 4 is 33.4 Å². The number of hydrogen-bond donors (Lipinski definition) is 4. The zero-order valence-corrected chi connectivity index (χ0v) is 20.6. The van der Waals surface area contributed by atoms with Gasteiger partial charge in [-0.2, -0.15) is 4.99 Å². The molecular weight excluding hydrogens is 470 g/mol. The van der Waals surface area contributed by atoms with E-state index in [1.807, 2.05) is 11.0 Å². The summed E-state index contributed by atoms with van der Waals surface area (Å²) in [6.45, 7) is 2.14. The van der Waals surface area contributed by atoms with Gasteiger partial charge in [0.15, 0.2) is 0 Å². The summed E-state index contributed by atoms with van der Waals surface area (Å²) in [5.74, 6) is -1.51. The SMILES string of the molecule is CCS(=O)(=O)N[C@H](Cc1ccccc1)C(=O)N=C(N)c1ccc(N2CCC[C@H]2C(=O)NC)cc1O. The molecule has 3 rings (SSSR count). The summed E-state index contributed by atoms with van der Waals surface area (Å²) in [6, 6.07) is 12.2. The molecule has 0 saturated carbocycles. The number of anilines is 1. The molecular formula is C24H31N5O5S. The third-order valence-electron chi connectivity index (χ3n) is 5.90. The van der Waals surface area contributed by atoms with Crippen LogP contribution in [-0.2, 0) is 26.0 Å². The van der Waals surface area contributed by atoms with Crippen molar-refractivity contribution in [1.82, 2.24) is 10.0 Å². The first-order valence-corrected chi connectivity index (χ1v) is 13.0. The van der Waals surface area contributed by atoms with Crippen LogP contribution in [0.3, 0.4) is 0 Å². The van der Waals surface area contributed by atoms with E-state index in [1.54, 1.807) is 37.4 Å². The van der Waals surface area contributed by atoms with Crippen LogP contribution in [0.15, 0.2) is 53.5 Å². The van der Waals surface area contributed by atoms with E-state index >= 15 is 0 Å². The predicted octanol–water partition coefficient (Wildman–Crippen LogP) is 0.890. The maximum Gasteiger partial charge on any atom is 0.266 e. The lowest BCUT2D eigenvalue weighted by Crippen LogP contribution is -2.43. The molecule has 2 atom stereocenters. The summed E-state index contributed by atoms with van der Waals surface area (Å²) in [5, 5.41) is 13.3. The lowest BCUT2D eigenvalue weighted by Gasteiger charge is -2.26. The Morgan fingerprint density at radius 1 is 1.23 bits per heavy atom. The van der Waals surface area contributed by atoms with Crippen LogP contribution in [0.4, 0.5) is 5.69 Å². The van der Waals surface area contributed by atoms with E-state index in [4.69, 9.17) is 5.73 Å². The van der Waals surface area contributed by atoms with Gasteiger partial charge in [-0.05, 0) is 43.9 Å². The highest BCUT2D eigenvalue weighted by Crippen LogP contribution is 2.30. The van der Waals surface area contributed by atoms with Crippen molar-refractivity contribution in [3.8, 4) is 5.75 Å². The summed E-state index contributed by atoms with van der Waals surface area (Å²) in [5.41, 5.74) is 7.57. The van der Waals surface area contributed by atoms with E-state index in [1.165, 1.54) is 19.1 Å². The van der Waals surface area contributed by atoms with Gasteiger partial charge in [0.05, 0.1) is 11.3 Å². The number of phenolic OH excluding ortho intramolecular Hbond substituents is 1. The first-order chi connectivity index (χ1) is 16.6. The van der Waals surface area contributed by atoms with Crippen molar-refractivity contribution in [3.05, 3.63) is 59.7 Å². The van der Waals surface area contributed by atoms with Crippen LogP contribution in [0, 0.1) is 0 Å². The van der Waals surface area contributed by atoms with Gasteiger partial charge >= 0.3 is 0 Å². The molecule has 5 N–H and O–H groups in total. The van der Waals surface area contributed by atoms with E-state index in [-0.39, 0.29) is 41.3 Å². The van der Waals surface area contributed by atoms with Crippen molar-refractivity contribution in [2.45, 2.75) is 38.3 Å². The number of carbonyl (C=O) groups is 2. The van der Waals surface area contributed by atoms with Crippen LogP contribution in [0.2, 0.25) is 0 Å². The summed E-state index contributed by atoms with van der Waals surface area (Å²) >= 11 is 0. The number of nitrogens with two attached hydrogens (primary N) is 1. The van der Waals surface area contributed by atoms with Crippen LogP contribution < -0.4 is 20.7 Å². The summed E-state index contributed by atoms with van der Waals surface area (Å²) in [7, 11) is -2.11. The minimum atomic E-state index is -3.69. The predicted molar refractivity (Wildman–Crippen MR) is 135 cm³/mol. The van der Waals surface area contributed by atoms with Crippen LogP contribution in [0.25, 0.3) is 0 Å². The third-order valence-corrected chi connectivity index (χ3v) is 7.31. The third kappa shape index (κ3) is 6.58. The number of likely N-dealkylation sites (N-methyl/N-ethyl adjacent to an activating group) is 1. The molecule has 35 heavy (non-hydrogen) atoms. The molecule has 1 fully saturated rings. The van der Waals surface area contributed by atoms with Gasteiger partial charge in [-0.1, -0.05) is 30.3 Å². The van der Waals surface area contributed by atoms with Gasteiger partial charge < -0.3 is 21.1 Å². The van der Waals surface area contributed by atoms with Crippen molar-refractivity contribution < 1.29 is 23.1 Å². The second-order valence-electron chi connectivity index (χ2n) is 8.27. The smallest absolute Gasteiger partial charge is 0.266 e. The molecule has 2 amide bonds. The second kappa shape index (κ2) is 11.3. The fourth-order valence-corrected chi connectivity index (χ4v) is 4.80. The Labute approximate surface area is 205 Å². The van der Waals surface area contributed by atoms with E-state index in [0.717, 1.165) is 12.0 Å². The lowest BCUT2D eigenvalue weighted by molar-refractivity contribution is -0.121. The van der Waals surface area contributed by atoms with Crippen LogP contribution >= 0.6 is 0 Å². The standard InChI is InChI=1S/C24H31N5O5S/c1-3-35(33,34)28-19(14-16-8-5-4-6-9-16)23(31)27-22(25)18-12-11-17(15-21(18)30)29-13-7-10-20(29)24(32)26-2/h4-6,8-9,11-12,15,19-20,28,30H,3,7,10,13-14H2,1-2H3,(H,26,32)(H2,25,27,31)/t19-,20+/m1/s1. The largest absolute Gasteiger partial charge is 0.507 e. The highest BCUT2D eigenvalue weighted by atomic mass is 32.2. The number of aliphatic imine (C=N–C) groups is 1. The first kappa shape index (κ1) is 26.2. The van der Waals surface area contributed by atoms with Gasteiger partial charge in [0.2, 0.25) is 15.9 Å². The van der Waals surface area contributed by atoms with Gasteiger partial charge in [-0.3, -0.25) is 9.59 Å². The Balaban J connectivity index is 1.84. The van der Waals surface area contributed by atoms with Crippen molar-refractivity contribution in [1.29, 1.82) is 0 Å². The summed E-state index contributed by atoms with van der Waals surface area (Å²) < 4.78 is 26.7. The number of carbonyl (C=O) groups excluding carboxylic acids is 2. The number of amides is 2. The quantitative estimate of drug-likeness (QED) is 0.294. The topological polar surface area (TPSA) is 154 Å². The van der Waals surface area contributed by atoms with Crippen LogP contribution in [-0.4, -0.2) is 62.6 Å². The molecule has 0 radical (unpaired) electrons. The molecule has 0 aromatic heterocycles. The molecule has 0 aliphatic carbocycles. The first-order valence-electron chi connectivity index (χ1n) is 11.4. The number of sulfonamides is 1. The Kier molecular flexibility index (Phi) is 8.47. The van der Waals surface area contributed by atoms with Gasteiger partial charge in [-0.15, -0.1) is 0 Å². The average molecular weight is 502 g/mol. The van der Waals surface area contributed by atoms with Gasteiger partial charge in [-0.25, -0.2) is 13.1 Å². The Hall–Kier alpha value is -3.44. The monoisotopic (exact) mass is 501 g/mol. The van der Waals surface area contributed by atoms with Gasteiger partial charge in [0.25, 0.3) is 5.91 Å². The van der Waals surface area contributed by atoms with E-state index in [0.29, 0.717) is 18.7 Å². The highest BCUT2D eigenvalue weighted by Gasteiger charge is 2.31. The minimum Gasteiger partial charge on any atom is -0.507 e. The number of amidine groups is 1. The van der Waals surface area contributed by atoms with E-state index in [9.17, 15) is 23.1 Å². The van der Waals surface area contributed by atoms with E-state index < -0.39 is 22.0 Å². The molecule has 2 aromatic carbocycles. The minimum absolute atomic E-state index is 0.0937. The van der Waals surface area contributed by atoms with Crippen molar-refractivity contribution in [2.24, 2.45) is 10.7 Å². The fourth-order valence-electron chi connectivity index (χ4n) is 4.02. The maximum absolute atomic E-state index is 12.9. The normalized spacial score (nSPS) is 17.3. The number of nitrogens with zero attached hydrogens (tertiary/aromatic N) is 2. The molecule has 0 spiro atoms. The van der Waals surface area contributed by atoms with Gasteiger partial charge in [0, 0.05) is 25.3 Å². The highest BCUT2D eigenvalue weighted by molar-refractivity contribution is 7.89. The molecule has 1 heterocycles. The molecule has 0 unspecified atom stereocenters. The number of hydrogen-bond acceptors (Lipinski definition) is 6. The molecule has 1 aliphatic heterocycles. The number of benzene rings is 2. The molecule has 188 valence electrons. The van der Waals surface area contributed by atoms with E-state index in [2.05, 4.69) is 15.0 Å². The molecule has 0 bridgehead atoms. The average Bonchev–Trinajstić information content (AvgIpc) is 3.33. The van der Waals surface area contributed by atoms with Gasteiger partial charge in [0.1, 0.15) is 23.7 Å². The Morgan fingerprint density at radius 2 is 1.94 bits per heavy atom. The number of aromatic hydroxyl groups is 1. The lowest BCUT2D eigenvalue weighted by atomic mass is 10.1. The zero-order valence-electron chi connectivity index (χ0n) is 19.8. The maximum atomic E-state index is 12.9. The van der Waals surface area contributed by atoms with Crippen molar-refractivity contribution in [3.63, 3.8) is 0 Å². The second-order valence-corrected chi connectivity index (χ2v) is 10.3. The Morgan fingerprint density at radius 3 is 2.57 bits per heavy atom. The molecule has 1 aliphatic rings. The number of nitrogens with one attached hydrogen (secondary N) is 2. The van der Waals surface area contributed by atoms with Crippen LogP contribution in [0.1, 0.15) is 30.9 Å². The fraction of sp³-hybridized carbons (Fsp3) is 0.375. The molecule has 11 heteroatoms. The number of phenols is 1. The zero-order chi connectivity index (χ0) is 25.6. The molecule has 10 nitrogen and oxygen atoms in total. The van der Waals surface area contributed by atoms with Crippen LogP contribution in [0.5, 0.6) is 5.75 Å². The Bertz CT molecular complexity index is 1200. The molecule has 2 aromatic rings.